The molecular formula is C29H39ClN4. The summed E-state index contributed by atoms with van der Waals surface area (Å²) in [4.78, 5) is 5.17. The maximum atomic E-state index is 6.14. The Balaban J connectivity index is 0.000000481. The van der Waals surface area contributed by atoms with Gasteiger partial charge in [0.2, 0.25) is 0 Å². The standard InChI is InChI=1S/C25H27ClN2.C4H12N2/c1-20-6-5-7-21(18-20)19-27-14-16-28(17-15-27)25(22-8-3-2-4-9-22)23-10-12-24(26)13-11-23;5-3-1-2-4-6/h2-13,18,25H,14-17,19H2,1H3;1-6H2. The molecule has 0 bridgehead atoms. The lowest BCUT2D eigenvalue weighted by Gasteiger charge is -2.40. The Labute approximate surface area is 210 Å². The summed E-state index contributed by atoms with van der Waals surface area (Å²) in [6.45, 7) is 9.05. The van der Waals surface area contributed by atoms with Crippen molar-refractivity contribution in [3.05, 3.63) is 106 Å². The van der Waals surface area contributed by atoms with Crippen molar-refractivity contribution < 1.29 is 0 Å². The third-order valence-electron chi connectivity index (χ3n) is 6.22. The average Bonchev–Trinajstić information content (AvgIpc) is 2.86. The molecule has 0 radical (unpaired) electrons. The molecule has 4 nitrogen and oxygen atoms in total. The predicted molar refractivity (Wildman–Crippen MR) is 145 cm³/mol. The molecule has 182 valence electrons. The lowest BCUT2D eigenvalue weighted by Crippen LogP contribution is -2.47. The summed E-state index contributed by atoms with van der Waals surface area (Å²) in [6, 6.07) is 28.3. The van der Waals surface area contributed by atoms with Gasteiger partial charge in [0.15, 0.2) is 0 Å². The van der Waals surface area contributed by atoms with Crippen LogP contribution in [0.15, 0.2) is 78.9 Å². The van der Waals surface area contributed by atoms with E-state index in [1.54, 1.807) is 0 Å². The number of nitrogens with two attached hydrogens (primary N) is 2. The highest BCUT2D eigenvalue weighted by molar-refractivity contribution is 6.30. The van der Waals surface area contributed by atoms with Crippen LogP contribution >= 0.6 is 11.6 Å². The normalized spacial score (nSPS) is 15.4. The summed E-state index contributed by atoms with van der Waals surface area (Å²) in [5.41, 5.74) is 15.7. The summed E-state index contributed by atoms with van der Waals surface area (Å²) in [5, 5.41) is 0.790. The van der Waals surface area contributed by atoms with E-state index >= 15 is 0 Å². The van der Waals surface area contributed by atoms with Crippen LogP contribution in [0, 0.1) is 6.92 Å². The Morgan fingerprint density at radius 3 is 1.97 bits per heavy atom. The number of unbranched alkanes of at least 4 members (excludes halogenated alkanes) is 1. The minimum atomic E-state index is 0.277. The SMILES string of the molecule is Cc1cccc(CN2CCN(C(c3ccccc3)c3ccc(Cl)cc3)CC2)c1.NCCCCN. The van der Waals surface area contributed by atoms with Crippen molar-refractivity contribution in [1.29, 1.82) is 0 Å². The van der Waals surface area contributed by atoms with Gasteiger partial charge in [0.05, 0.1) is 6.04 Å². The Morgan fingerprint density at radius 1 is 0.765 bits per heavy atom. The smallest absolute Gasteiger partial charge is 0.0602 e. The van der Waals surface area contributed by atoms with Crippen LogP contribution in [-0.4, -0.2) is 49.1 Å². The Kier molecular flexibility index (Phi) is 11.1. The molecule has 1 saturated heterocycles. The van der Waals surface area contributed by atoms with Crippen molar-refractivity contribution in [2.45, 2.75) is 32.4 Å². The van der Waals surface area contributed by atoms with Gasteiger partial charge in [-0.05, 0) is 61.7 Å². The van der Waals surface area contributed by atoms with Crippen molar-refractivity contribution in [3.8, 4) is 0 Å². The second-order valence-corrected chi connectivity index (χ2v) is 9.39. The molecule has 0 aliphatic carbocycles. The molecular weight excluding hydrogens is 440 g/mol. The van der Waals surface area contributed by atoms with Gasteiger partial charge < -0.3 is 11.5 Å². The Morgan fingerprint density at radius 2 is 1.38 bits per heavy atom. The van der Waals surface area contributed by atoms with E-state index in [0.29, 0.717) is 0 Å². The van der Waals surface area contributed by atoms with E-state index in [2.05, 4.69) is 83.5 Å². The summed E-state index contributed by atoms with van der Waals surface area (Å²) in [7, 11) is 0. The van der Waals surface area contributed by atoms with Gasteiger partial charge in [-0.3, -0.25) is 9.80 Å². The van der Waals surface area contributed by atoms with Gasteiger partial charge in [-0.1, -0.05) is 83.9 Å². The largest absolute Gasteiger partial charge is 0.330 e. The lowest BCUT2D eigenvalue weighted by molar-refractivity contribution is 0.105. The fourth-order valence-corrected chi connectivity index (χ4v) is 4.56. The molecule has 1 atom stereocenters. The number of piperazine rings is 1. The first-order valence-corrected chi connectivity index (χ1v) is 12.7. The zero-order chi connectivity index (χ0) is 24.2. The Hall–Kier alpha value is -2.21. The summed E-state index contributed by atoms with van der Waals surface area (Å²) >= 11 is 6.14. The molecule has 0 amide bonds. The van der Waals surface area contributed by atoms with Gasteiger partial charge >= 0.3 is 0 Å². The first-order valence-electron chi connectivity index (χ1n) is 12.3. The molecule has 34 heavy (non-hydrogen) atoms. The first kappa shape index (κ1) is 26.4. The van der Waals surface area contributed by atoms with Crippen LogP contribution in [0.4, 0.5) is 0 Å². The van der Waals surface area contributed by atoms with E-state index in [0.717, 1.165) is 63.7 Å². The third-order valence-corrected chi connectivity index (χ3v) is 6.47. The van der Waals surface area contributed by atoms with E-state index in [4.69, 9.17) is 23.1 Å². The fraction of sp³-hybridized carbons (Fsp3) is 0.379. The number of aryl methyl sites for hydroxylation is 1. The van der Waals surface area contributed by atoms with Gasteiger partial charge in [-0.2, -0.15) is 0 Å². The zero-order valence-electron chi connectivity index (χ0n) is 20.4. The molecule has 4 N–H and O–H groups in total. The van der Waals surface area contributed by atoms with Crippen molar-refractivity contribution in [2.75, 3.05) is 39.3 Å². The average molecular weight is 479 g/mol. The minimum absolute atomic E-state index is 0.277. The second-order valence-electron chi connectivity index (χ2n) is 8.95. The van der Waals surface area contributed by atoms with Gasteiger partial charge in [0.1, 0.15) is 0 Å². The van der Waals surface area contributed by atoms with E-state index in [9.17, 15) is 0 Å². The fourth-order valence-electron chi connectivity index (χ4n) is 4.43. The first-order chi connectivity index (χ1) is 16.6. The van der Waals surface area contributed by atoms with Crippen LogP contribution in [0.25, 0.3) is 0 Å². The summed E-state index contributed by atoms with van der Waals surface area (Å²) in [5.74, 6) is 0. The minimum Gasteiger partial charge on any atom is -0.330 e. The molecule has 1 fully saturated rings. The maximum absolute atomic E-state index is 6.14. The molecule has 1 unspecified atom stereocenters. The number of hydrogen-bond donors (Lipinski definition) is 2. The van der Waals surface area contributed by atoms with Crippen molar-refractivity contribution >= 4 is 11.6 Å². The van der Waals surface area contributed by atoms with Crippen LogP contribution in [0.1, 0.15) is 41.1 Å². The van der Waals surface area contributed by atoms with Crippen LogP contribution in [0.2, 0.25) is 5.02 Å². The number of benzene rings is 3. The molecule has 0 saturated carbocycles. The third kappa shape index (κ3) is 8.23. The monoisotopic (exact) mass is 478 g/mol. The van der Waals surface area contributed by atoms with Crippen LogP contribution < -0.4 is 11.5 Å². The molecule has 1 heterocycles. The van der Waals surface area contributed by atoms with E-state index in [-0.39, 0.29) is 6.04 Å². The molecule has 5 heteroatoms. The van der Waals surface area contributed by atoms with Crippen LogP contribution in [0.5, 0.6) is 0 Å². The van der Waals surface area contributed by atoms with Crippen LogP contribution in [-0.2, 0) is 6.54 Å². The van der Waals surface area contributed by atoms with Gasteiger partial charge in [-0.25, -0.2) is 0 Å². The molecule has 1 aliphatic rings. The van der Waals surface area contributed by atoms with Crippen LogP contribution in [0.3, 0.4) is 0 Å². The topological polar surface area (TPSA) is 58.5 Å². The summed E-state index contributed by atoms with van der Waals surface area (Å²) in [6.07, 6.45) is 2.13. The molecule has 3 aromatic carbocycles. The highest BCUT2D eigenvalue weighted by Crippen LogP contribution is 2.30. The molecule has 0 spiro atoms. The maximum Gasteiger partial charge on any atom is 0.0602 e. The highest BCUT2D eigenvalue weighted by atomic mass is 35.5. The quantitative estimate of drug-likeness (QED) is 0.435. The zero-order valence-corrected chi connectivity index (χ0v) is 21.1. The molecule has 1 aliphatic heterocycles. The number of halogens is 1. The lowest BCUT2D eigenvalue weighted by atomic mass is 9.96. The molecule has 4 rings (SSSR count). The van der Waals surface area contributed by atoms with Crippen molar-refractivity contribution in [1.82, 2.24) is 9.80 Å². The molecule has 0 aromatic heterocycles. The van der Waals surface area contributed by atoms with Crippen molar-refractivity contribution in [2.24, 2.45) is 11.5 Å². The summed E-state index contributed by atoms with van der Waals surface area (Å²) < 4.78 is 0. The van der Waals surface area contributed by atoms with Crippen molar-refractivity contribution in [3.63, 3.8) is 0 Å². The number of rotatable bonds is 8. The highest BCUT2D eigenvalue weighted by Gasteiger charge is 2.26. The predicted octanol–water partition coefficient (Wildman–Crippen LogP) is 5.24. The van der Waals surface area contributed by atoms with E-state index in [1.807, 2.05) is 12.1 Å². The van der Waals surface area contributed by atoms with Gasteiger partial charge in [0.25, 0.3) is 0 Å². The second kappa shape index (κ2) is 14.2. The van der Waals surface area contributed by atoms with Gasteiger partial charge in [-0.15, -0.1) is 0 Å². The number of hydrogen-bond acceptors (Lipinski definition) is 4. The van der Waals surface area contributed by atoms with E-state index in [1.165, 1.54) is 22.3 Å². The Bertz CT molecular complexity index is 949. The number of nitrogens with zero attached hydrogens (tertiary/aromatic N) is 2. The molecule has 3 aromatic rings. The van der Waals surface area contributed by atoms with E-state index < -0.39 is 0 Å². The van der Waals surface area contributed by atoms with Gasteiger partial charge in [0, 0.05) is 37.7 Å².